The summed E-state index contributed by atoms with van der Waals surface area (Å²) in [5, 5.41) is 12.1. The fraction of sp³-hybridized carbons (Fsp3) is 1.00. The Morgan fingerprint density at radius 3 is 0.590 bits per heavy atom. The summed E-state index contributed by atoms with van der Waals surface area (Å²) in [5.41, 5.74) is 5.65. The van der Waals surface area contributed by atoms with Gasteiger partial charge in [-0.1, -0.05) is 0 Å². The maximum atomic E-state index is 12.1. The zero-order valence-corrected chi connectivity index (χ0v) is 38.6. The van der Waals surface area contributed by atoms with E-state index in [1.165, 1.54) is 18.5 Å². The van der Waals surface area contributed by atoms with Gasteiger partial charge < -0.3 is 0 Å². The Morgan fingerprint density at radius 1 is 0.385 bits per heavy atom. The molecule has 7 heteroatoms. The van der Waals surface area contributed by atoms with Gasteiger partial charge >= 0.3 is 290 Å². The first kappa shape index (κ1) is 42.4. The maximum absolute atomic E-state index is 12.1. The van der Waals surface area contributed by atoms with Crippen LogP contribution in [0.15, 0.2) is 0 Å². The minimum atomic E-state index is -2.33. The van der Waals surface area contributed by atoms with Crippen LogP contribution in [0.1, 0.15) is 125 Å². The molecule has 0 rings (SSSR count). The Kier molecular flexibility index (Phi) is 14.9. The Labute approximate surface area is 287 Å². The van der Waals surface area contributed by atoms with Crippen molar-refractivity contribution < 1.29 is 5.11 Å². The molecule has 0 amide bonds. The molecule has 0 heterocycles. The van der Waals surface area contributed by atoms with Crippen LogP contribution in [-0.2, 0) is 0 Å². The van der Waals surface area contributed by atoms with Gasteiger partial charge in [0.15, 0.2) is 0 Å². The number of hydrogen-bond acceptors (Lipinski definition) is 1. The summed E-state index contributed by atoms with van der Waals surface area (Å²) in [6.07, 6.45) is 3.67. The predicted molar refractivity (Wildman–Crippen MR) is 223 cm³/mol. The molecule has 0 aromatic heterocycles. The van der Waals surface area contributed by atoms with Gasteiger partial charge in [0.05, 0.1) is 0 Å². The van der Waals surface area contributed by atoms with Crippen LogP contribution < -0.4 is 0 Å². The quantitative estimate of drug-likeness (QED) is 0.121. The molecule has 1 N–H and O–H groups in total. The molecule has 0 aliphatic heterocycles. The molecule has 0 saturated carbocycles. The van der Waals surface area contributed by atoms with Crippen LogP contribution in [0.25, 0.3) is 0 Å². The molecule has 0 atom stereocenters. The fourth-order valence-corrected chi connectivity index (χ4v) is 35.7. The van der Waals surface area contributed by atoms with Gasteiger partial charge in [0, 0.05) is 0 Å². The second-order valence-electron chi connectivity index (χ2n) is 16.2. The van der Waals surface area contributed by atoms with Gasteiger partial charge in [0.2, 0.25) is 0 Å². The third kappa shape index (κ3) is 6.52. The normalized spacial score (nSPS) is 19.3. The Hall–Kier alpha value is 3.44. The molecule has 0 bridgehead atoms. The summed E-state index contributed by atoms with van der Waals surface area (Å²) in [6, 6.07) is 0. The topological polar surface area (TPSA) is 20.2 Å². The number of hydrogen-bond donors (Lipinski definition) is 1. The van der Waals surface area contributed by atoms with Crippen LogP contribution >= 0.6 is 78.9 Å². The Bertz CT molecular complexity index is 641. The van der Waals surface area contributed by atoms with E-state index in [1.54, 1.807) is 0 Å². The van der Waals surface area contributed by atoms with Gasteiger partial charge in [-0.15, -0.1) is 0 Å². The van der Waals surface area contributed by atoms with E-state index >= 15 is 0 Å². The zero-order chi connectivity index (χ0) is 31.9. The summed E-state index contributed by atoms with van der Waals surface area (Å²) in [5.74, 6) is 0. The zero-order valence-electron chi connectivity index (χ0n) is 29.4. The molecule has 0 aliphatic rings. The molecule has 0 unspecified atom stereocenters. The number of halogens is 3. The molecule has 0 radical (unpaired) electrons. The van der Waals surface area contributed by atoms with Crippen molar-refractivity contribution in [1.29, 1.82) is 0 Å². The van der Waals surface area contributed by atoms with Crippen molar-refractivity contribution >= 4 is 78.9 Å². The molecule has 0 aliphatic carbocycles. The van der Waals surface area contributed by atoms with Crippen LogP contribution in [0, 0.1) is 5.41 Å². The van der Waals surface area contributed by atoms with E-state index < -0.39 is 12.7 Å². The van der Waals surface area contributed by atoms with Crippen molar-refractivity contribution in [3.63, 3.8) is 0 Å². The van der Waals surface area contributed by atoms with Crippen molar-refractivity contribution in [3.05, 3.63) is 0 Å². The van der Waals surface area contributed by atoms with Crippen molar-refractivity contribution in [1.82, 2.24) is 0 Å². The predicted octanol–water partition coefficient (Wildman–Crippen LogP) is 13.4. The number of aliphatic hydroxyl groups excluding tert-OH is 1. The molecule has 0 saturated heterocycles. The summed E-state index contributed by atoms with van der Waals surface area (Å²) < 4.78 is -6.99. The third-order valence-corrected chi connectivity index (χ3v) is 70.7. The average Bonchev–Trinajstić information content (AvgIpc) is 2.77. The standard InChI is InChI=1S/C32H72I3OP3/c1-23(2)37(33,24(3)4,25(5)6)20-32(19-36,21-38(34,26(7)8,27(9)10)28(11)12)22-39(35,29(13)14,30(15)16)31(17)18/h23-31,36H,19-22H2,1-18H3. The molecule has 0 aromatic carbocycles. The second-order valence-corrected chi connectivity index (χ2v) is 56.1. The van der Waals surface area contributed by atoms with Crippen LogP contribution in [0.3, 0.4) is 0 Å². The summed E-state index contributed by atoms with van der Waals surface area (Å²) in [6.45, 7) is 45.8. The Balaban J connectivity index is 8.28. The molecular formula is C32H72I3OP3. The van der Waals surface area contributed by atoms with Gasteiger partial charge in [0.1, 0.15) is 0 Å². The minimum absolute atomic E-state index is 0.0759. The van der Waals surface area contributed by atoms with Crippen molar-refractivity contribution in [2.45, 2.75) is 176 Å². The number of rotatable bonds is 16. The molecule has 0 spiro atoms. The van der Waals surface area contributed by atoms with Gasteiger partial charge in [-0.2, -0.15) is 0 Å². The molecule has 0 aromatic rings. The monoisotopic (exact) mass is 946 g/mol. The van der Waals surface area contributed by atoms with E-state index in [-0.39, 0.29) is 5.41 Å². The van der Waals surface area contributed by atoms with Gasteiger partial charge in [0.25, 0.3) is 0 Å². The van der Waals surface area contributed by atoms with Crippen LogP contribution in [-0.4, -0.2) is 81.1 Å². The first-order valence-electron chi connectivity index (χ1n) is 15.9. The second kappa shape index (κ2) is 13.7. The fourth-order valence-electron chi connectivity index (χ4n) is 9.43. The summed E-state index contributed by atoms with van der Waals surface area (Å²) in [7, 11) is 0. The van der Waals surface area contributed by atoms with Crippen molar-refractivity contribution in [2.75, 3.05) is 25.1 Å². The molecule has 0 fully saturated rings. The van der Waals surface area contributed by atoms with Crippen molar-refractivity contribution in [3.8, 4) is 0 Å². The Morgan fingerprint density at radius 2 is 0.513 bits per heavy atom. The van der Waals surface area contributed by atoms with Crippen LogP contribution in [0.5, 0.6) is 0 Å². The van der Waals surface area contributed by atoms with Gasteiger partial charge in [-0.05, 0) is 0 Å². The molecule has 242 valence electrons. The van der Waals surface area contributed by atoms with E-state index in [4.69, 9.17) is 0 Å². The summed E-state index contributed by atoms with van der Waals surface area (Å²) >= 11 is 9.26. The van der Waals surface area contributed by atoms with E-state index in [0.29, 0.717) is 57.5 Å². The van der Waals surface area contributed by atoms with Crippen LogP contribution in [0.4, 0.5) is 0 Å². The van der Waals surface area contributed by atoms with Gasteiger partial charge in [-0.3, -0.25) is 0 Å². The van der Waals surface area contributed by atoms with Crippen molar-refractivity contribution in [2.24, 2.45) is 5.41 Å². The van der Waals surface area contributed by atoms with Gasteiger partial charge in [-0.25, -0.2) is 0 Å². The first-order valence-corrected chi connectivity index (χ1v) is 32.1. The van der Waals surface area contributed by atoms with E-state index in [1.807, 2.05) is 0 Å². The van der Waals surface area contributed by atoms with E-state index in [9.17, 15) is 5.11 Å². The molecule has 1 nitrogen and oxygen atoms in total. The molecule has 39 heavy (non-hydrogen) atoms. The van der Waals surface area contributed by atoms with E-state index in [2.05, 4.69) is 191 Å². The number of aliphatic hydroxyl groups is 1. The van der Waals surface area contributed by atoms with Crippen LogP contribution in [0.2, 0.25) is 0 Å². The summed E-state index contributed by atoms with van der Waals surface area (Å²) in [4.78, 5) is 0. The first-order chi connectivity index (χ1) is 17.1. The molecular weight excluding hydrogens is 874 g/mol. The average molecular weight is 947 g/mol. The third-order valence-electron chi connectivity index (χ3n) is 12.8. The van der Waals surface area contributed by atoms with E-state index in [0.717, 1.165) is 0 Å². The SMILES string of the molecule is CC(C)P(I)(CC(CO)(CP(I)(C(C)C)(C(C)C)C(C)C)CP(I)(C(C)C)(C(C)C)C(C)C)(C(C)C)C(C)C.